The number of rotatable bonds is 6. The molecule has 1 aliphatic rings. The molecule has 1 unspecified atom stereocenters. The summed E-state index contributed by atoms with van der Waals surface area (Å²) < 4.78 is 2.33. The Balaban J connectivity index is 1.59. The smallest absolute Gasteiger partial charge is 0.270 e. The number of amides is 1. The van der Waals surface area contributed by atoms with Gasteiger partial charge in [-0.1, -0.05) is 52.8 Å². The molecule has 1 atom stereocenters. The summed E-state index contributed by atoms with van der Waals surface area (Å²) in [5.74, 6) is 0.0483. The normalized spacial score (nSPS) is 15.2. The van der Waals surface area contributed by atoms with Crippen molar-refractivity contribution in [3.63, 3.8) is 0 Å². The minimum absolute atomic E-state index is 0.0483. The van der Waals surface area contributed by atoms with Crippen LogP contribution in [0.25, 0.3) is 0 Å². The van der Waals surface area contributed by atoms with Gasteiger partial charge in [0.2, 0.25) is 0 Å². The van der Waals surface area contributed by atoms with Crippen molar-refractivity contribution < 1.29 is 9.72 Å². The molecule has 3 aromatic rings. The Morgan fingerprint density at radius 3 is 2.34 bits per heavy atom. The molecule has 0 N–H and O–H groups in total. The molecule has 0 aliphatic carbocycles. The predicted molar refractivity (Wildman–Crippen MR) is 145 cm³/mol. The van der Waals surface area contributed by atoms with Gasteiger partial charge in [-0.15, -0.1) is 0 Å². The Morgan fingerprint density at radius 2 is 1.69 bits per heavy atom. The topological polar surface area (TPSA) is 66.7 Å². The maximum Gasteiger partial charge on any atom is 0.270 e. The van der Waals surface area contributed by atoms with E-state index in [4.69, 9.17) is 0 Å². The number of hydrogen-bond acceptors (Lipinski definition) is 5. The van der Waals surface area contributed by atoms with E-state index < -0.39 is 10.7 Å². The summed E-state index contributed by atoms with van der Waals surface area (Å²) >= 11 is 1.66. The monoisotopic (exact) mass is 507 g/mol. The summed E-state index contributed by atoms with van der Waals surface area (Å²) in [5.41, 5.74) is 3.16. The molecule has 1 amide bonds. The first-order valence-corrected chi connectivity index (χ1v) is 13.6. The van der Waals surface area contributed by atoms with Gasteiger partial charge in [0, 0.05) is 58.6 Å². The lowest BCUT2D eigenvalue weighted by Crippen LogP contribution is -2.46. The summed E-state index contributed by atoms with van der Waals surface area (Å²) in [6, 6.07) is 20.9. The van der Waals surface area contributed by atoms with Gasteiger partial charge in [-0.2, -0.15) is 0 Å². The van der Waals surface area contributed by atoms with Crippen LogP contribution >= 0.6 is 22.4 Å². The molecule has 0 aromatic heterocycles. The van der Waals surface area contributed by atoms with Crippen LogP contribution in [0.15, 0.2) is 81.4 Å². The van der Waals surface area contributed by atoms with Crippen LogP contribution in [0.5, 0.6) is 0 Å². The summed E-state index contributed by atoms with van der Waals surface area (Å²) in [4.78, 5) is 29.2. The maximum atomic E-state index is 12.9. The molecular weight excluding hydrogens is 478 g/mol. The fourth-order valence-electron chi connectivity index (χ4n) is 4.06. The molecule has 0 spiro atoms. The van der Waals surface area contributed by atoms with Crippen LogP contribution in [0.2, 0.25) is 0 Å². The third kappa shape index (κ3) is 5.83. The van der Waals surface area contributed by atoms with Crippen LogP contribution in [-0.4, -0.2) is 51.6 Å². The van der Waals surface area contributed by atoms with E-state index in [2.05, 4.69) is 41.7 Å². The van der Waals surface area contributed by atoms with Crippen LogP contribution < -0.4 is 0 Å². The van der Waals surface area contributed by atoms with E-state index in [-0.39, 0.29) is 16.5 Å². The first-order valence-electron chi connectivity index (χ1n) is 11.5. The van der Waals surface area contributed by atoms with E-state index in [0.717, 1.165) is 14.7 Å². The highest BCUT2D eigenvalue weighted by atomic mass is 32.2. The van der Waals surface area contributed by atoms with Gasteiger partial charge in [0.1, 0.15) is 0 Å². The number of non-ortho nitro benzene ring substituents is 1. The van der Waals surface area contributed by atoms with Gasteiger partial charge in [0.05, 0.1) is 4.92 Å². The molecule has 1 heterocycles. The minimum Gasteiger partial charge on any atom is -0.336 e. The molecule has 4 rings (SSSR count). The summed E-state index contributed by atoms with van der Waals surface area (Å²) in [5, 5.41) is 13.7. The van der Waals surface area contributed by atoms with Crippen molar-refractivity contribution in [2.45, 2.75) is 35.5 Å². The van der Waals surface area contributed by atoms with Crippen molar-refractivity contribution in [1.82, 2.24) is 9.21 Å². The number of nitro groups is 1. The van der Waals surface area contributed by atoms with Gasteiger partial charge < -0.3 is 4.90 Å². The lowest BCUT2D eigenvalue weighted by Gasteiger charge is -2.36. The molecule has 0 radical (unpaired) electrons. The number of hydrogen-bond donors (Lipinski definition) is 0. The second-order valence-corrected chi connectivity index (χ2v) is 11.5. The fraction of sp³-hybridized carbons (Fsp3) is 0.259. The second-order valence-electron chi connectivity index (χ2n) is 8.40. The summed E-state index contributed by atoms with van der Waals surface area (Å²) in [6.45, 7) is 8.83. The Bertz CT molecular complexity index is 1270. The van der Waals surface area contributed by atoms with E-state index in [1.54, 1.807) is 23.9 Å². The van der Waals surface area contributed by atoms with Crippen molar-refractivity contribution in [2.24, 2.45) is 0 Å². The van der Waals surface area contributed by atoms with E-state index in [9.17, 15) is 14.9 Å². The molecule has 0 bridgehead atoms. The maximum absolute atomic E-state index is 12.9. The molecule has 0 saturated carbocycles. The summed E-state index contributed by atoms with van der Waals surface area (Å²) in [7, 11) is -0.433. The van der Waals surface area contributed by atoms with Crippen LogP contribution in [0, 0.1) is 24.0 Å². The number of piperazine rings is 1. The lowest BCUT2D eigenvalue weighted by molar-refractivity contribution is -0.385. The van der Waals surface area contributed by atoms with Gasteiger partial charge in [0.25, 0.3) is 11.6 Å². The van der Waals surface area contributed by atoms with E-state index >= 15 is 0 Å². The largest absolute Gasteiger partial charge is 0.336 e. The number of aryl methyl sites for hydroxylation is 2. The Labute approximate surface area is 213 Å². The number of nitro benzene ring substituents is 1. The zero-order chi connectivity index (χ0) is 24.9. The van der Waals surface area contributed by atoms with E-state index in [1.165, 1.54) is 11.1 Å². The highest BCUT2D eigenvalue weighted by molar-refractivity contribution is 8.13. The molecule has 1 aliphatic heterocycles. The molecular formula is C27H29N3O3S2. The minimum atomic E-state index is -0.433. The average Bonchev–Trinajstić information content (AvgIpc) is 2.88. The highest BCUT2D eigenvalue weighted by Gasteiger charge is 2.26. The third-order valence-corrected chi connectivity index (χ3v) is 9.50. The summed E-state index contributed by atoms with van der Waals surface area (Å²) in [6.07, 6.45) is 0. The van der Waals surface area contributed by atoms with Crippen molar-refractivity contribution in [1.29, 1.82) is 0 Å². The molecule has 1 saturated heterocycles. The van der Waals surface area contributed by atoms with E-state index in [0.29, 0.717) is 31.7 Å². The number of nitrogens with zero attached hydrogens (tertiary/aromatic N) is 3. The number of carbonyl (C=O) groups excluding carboxylic acids is 1. The average molecular weight is 508 g/mol. The van der Waals surface area contributed by atoms with Crippen molar-refractivity contribution in [3.8, 4) is 0 Å². The lowest BCUT2D eigenvalue weighted by atomic mass is 10.2. The molecule has 6 nitrogen and oxygen atoms in total. The van der Waals surface area contributed by atoms with Gasteiger partial charge in [0.15, 0.2) is 0 Å². The number of benzene rings is 3. The van der Waals surface area contributed by atoms with Crippen molar-refractivity contribution in [3.05, 3.63) is 93.5 Å². The molecule has 8 heteroatoms. The SMILES string of the molecule is C/C=S(\c1cc([N+](=O)[O-])ccc1Sc1cc(C)ccc1C)N1CCN(C(=O)c2ccccc2)CC1. The van der Waals surface area contributed by atoms with Gasteiger partial charge in [-0.3, -0.25) is 14.9 Å². The molecule has 182 valence electrons. The Morgan fingerprint density at radius 1 is 0.971 bits per heavy atom. The Kier molecular flexibility index (Phi) is 8.05. The Hall–Kier alpha value is -2.94. The fourth-order valence-corrected chi connectivity index (χ4v) is 7.35. The van der Waals surface area contributed by atoms with Gasteiger partial charge in [-0.25, -0.2) is 4.31 Å². The third-order valence-electron chi connectivity index (χ3n) is 5.98. The van der Waals surface area contributed by atoms with E-state index in [1.807, 2.05) is 48.2 Å². The highest BCUT2D eigenvalue weighted by Crippen LogP contribution is 2.43. The first kappa shape index (κ1) is 25.2. The second kappa shape index (κ2) is 11.2. The molecule has 35 heavy (non-hydrogen) atoms. The van der Waals surface area contributed by atoms with Crippen molar-refractivity contribution >= 4 is 39.4 Å². The zero-order valence-electron chi connectivity index (χ0n) is 20.1. The molecule has 1 fully saturated rings. The van der Waals surface area contributed by atoms with Crippen LogP contribution in [0.1, 0.15) is 28.4 Å². The zero-order valence-corrected chi connectivity index (χ0v) is 21.8. The molecule has 3 aromatic carbocycles. The first-order chi connectivity index (χ1) is 16.9. The standard InChI is InChI=1S/C27H29N3O3S2/c1-4-35(29-16-14-28(15-17-29)27(31)22-8-6-5-7-9-22)26-19-23(30(32)33)12-13-24(26)34-25-18-20(2)10-11-21(25)3/h4-13,18-19H,14-17H2,1-3H3. The van der Waals surface area contributed by atoms with Gasteiger partial charge >= 0.3 is 0 Å². The van der Waals surface area contributed by atoms with Crippen LogP contribution in [-0.2, 0) is 0 Å². The van der Waals surface area contributed by atoms with Crippen LogP contribution in [0.3, 0.4) is 0 Å². The number of carbonyl (C=O) groups is 1. The predicted octanol–water partition coefficient (Wildman–Crippen LogP) is 6.19. The van der Waals surface area contributed by atoms with Crippen molar-refractivity contribution in [2.75, 3.05) is 26.2 Å². The van der Waals surface area contributed by atoms with Crippen LogP contribution in [0.4, 0.5) is 5.69 Å². The quantitative estimate of drug-likeness (QED) is 0.226. The van der Waals surface area contributed by atoms with Gasteiger partial charge in [-0.05, 0) is 61.5 Å².